The molecule has 0 saturated heterocycles. The van der Waals surface area contributed by atoms with Crippen LogP contribution in [0.3, 0.4) is 0 Å². The second-order valence-electron chi connectivity index (χ2n) is 2.91. The Bertz CT molecular complexity index is 365. The number of ether oxygens (including phenoxy) is 3. The fourth-order valence-electron chi connectivity index (χ4n) is 1.12. The van der Waals surface area contributed by atoms with Crippen LogP contribution >= 0.6 is 15.9 Å². The lowest BCUT2D eigenvalue weighted by molar-refractivity contribution is 0.0438. The summed E-state index contributed by atoms with van der Waals surface area (Å²) < 4.78 is 15.8. The molecule has 1 rings (SSSR count). The molecule has 88 valence electrons. The van der Waals surface area contributed by atoms with Gasteiger partial charge in [0.25, 0.3) is 0 Å². The van der Waals surface area contributed by atoms with Crippen molar-refractivity contribution in [2.45, 2.75) is 6.92 Å². The third kappa shape index (κ3) is 3.50. The van der Waals surface area contributed by atoms with Crippen LogP contribution in [-0.4, -0.2) is 26.5 Å². The molecule has 0 aliphatic heterocycles. The van der Waals surface area contributed by atoms with E-state index in [1.807, 2.05) is 0 Å². The third-order valence-corrected chi connectivity index (χ3v) is 2.26. The predicted octanol–water partition coefficient (Wildman–Crippen LogP) is 2.61. The van der Waals surface area contributed by atoms with Crippen molar-refractivity contribution in [1.29, 1.82) is 0 Å². The van der Waals surface area contributed by atoms with Crippen LogP contribution in [0, 0.1) is 0 Å². The topological polar surface area (TPSA) is 44.8 Å². The van der Waals surface area contributed by atoms with Crippen molar-refractivity contribution >= 4 is 21.9 Å². The van der Waals surface area contributed by atoms with E-state index >= 15 is 0 Å². The van der Waals surface area contributed by atoms with Crippen LogP contribution in [0.4, 0.5) is 0 Å². The van der Waals surface area contributed by atoms with Gasteiger partial charge in [0.1, 0.15) is 11.3 Å². The Labute approximate surface area is 103 Å². The van der Waals surface area contributed by atoms with Crippen molar-refractivity contribution in [3.8, 4) is 5.75 Å². The Morgan fingerprint density at radius 1 is 1.44 bits per heavy atom. The minimum atomic E-state index is -0.407. The average Bonchev–Trinajstić information content (AvgIpc) is 2.27. The Balaban J connectivity index is 2.93. The molecule has 0 unspecified atom stereocenters. The third-order valence-electron chi connectivity index (χ3n) is 1.77. The largest absolute Gasteiger partial charge is 0.467 e. The molecule has 0 aromatic heterocycles. The average molecular weight is 289 g/mol. The van der Waals surface area contributed by atoms with Crippen LogP contribution in [-0.2, 0) is 9.47 Å². The van der Waals surface area contributed by atoms with Crippen molar-refractivity contribution in [2.75, 3.05) is 20.5 Å². The van der Waals surface area contributed by atoms with Crippen LogP contribution in [0.1, 0.15) is 17.3 Å². The van der Waals surface area contributed by atoms with Crippen LogP contribution in [0.5, 0.6) is 5.75 Å². The Morgan fingerprint density at radius 3 is 2.81 bits per heavy atom. The van der Waals surface area contributed by atoms with Crippen molar-refractivity contribution in [3.05, 3.63) is 28.2 Å². The summed E-state index contributed by atoms with van der Waals surface area (Å²) in [6, 6.07) is 5.13. The minimum Gasteiger partial charge on any atom is -0.467 e. The van der Waals surface area contributed by atoms with E-state index in [1.165, 1.54) is 7.11 Å². The molecular formula is C11H13BrO4. The molecule has 5 heteroatoms. The van der Waals surface area contributed by atoms with Gasteiger partial charge in [-0.1, -0.05) is 15.9 Å². The molecule has 0 amide bonds. The van der Waals surface area contributed by atoms with Gasteiger partial charge in [-0.25, -0.2) is 4.79 Å². The minimum absolute atomic E-state index is 0.0913. The molecule has 1 aromatic carbocycles. The molecule has 1 aromatic rings. The molecule has 0 aliphatic rings. The van der Waals surface area contributed by atoms with E-state index in [0.29, 0.717) is 17.9 Å². The Hall–Kier alpha value is -1.07. The summed E-state index contributed by atoms with van der Waals surface area (Å²) in [6.45, 7) is 2.18. The van der Waals surface area contributed by atoms with Gasteiger partial charge in [0.05, 0.1) is 6.61 Å². The van der Waals surface area contributed by atoms with E-state index in [9.17, 15) is 4.79 Å². The van der Waals surface area contributed by atoms with Crippen LogP contribution < -0.4 is 4.74 Å². The highest BCUT2D eigenvalue weighted by atomic mass is 79.9. The Kier molecular flexibility index (Phi) is 5.28. The maximum absolute atomic E-state index is 11.6. The fraction of sp³-hybridized carbons (Fsp3) is 0.364. The molecule has 4 nitrogen and oxygen atoms in total. The van der Waals surface area contributed by atoms with Crippen molar-refractivity contribution in [1.82, 2.24) is 0 Å². The number of hydrogen-bond acceptors (Lipinski definition) is 4. The smallest absolute Gasteiger partial charge is 0.341 e. The number of hydrogen-bond donors (Lipinski definition) is 0. The van der Waals surface area contributed by atoms with Gasteiger partial charge in [-0.05, 0) is 25.1 Å². The molecule has 0 atom stereocenters. The van der Waals surface area contributed by atoms with Gasteiger partial charge in [0, 0.05) is 11.6 Å². The second-order valence-corrected chi connectivity index (χ2v) is 3.83. The first-order valence-electron chi connectivity index (χ1n) is 4.77. The first kappa shape index (κ1) is 13.0. The highest BCUT2D eigenvalue weighted by Crippen LogP contribution is 2.24. The zero-order chi connectivity index (χ0) is 12.0. The molecular weight excluding hydrogens is 276 g/mol. The van der Waals surface area contributed by atoms with Gasteiger partial charge >= 0.3 is 5.97 Å². The molecule has 0 radical (unpaired) electrons. The van der Waals surface area contributed by atoms with Gasteiger partial charge < -0.3 is 14.2 Å². The number of halogens is 1. The number of rotatable bonds is 5. The first-order chi connectivity index (χ1) is 7.69. The van der Waals surface area contributed by atoms with E-state index in [0.717, 1.165) is 4.47 Å². The highest BCUT2D eigenvalue weighted by molar-refractivity contribution is 9.10. The summed E-state index contributed by atoms with van der Waals surface area (Å²) >= 11 is 3.29. The van der Waals surface area contributed by atoms with Crippen LogP contribution in [0.25, 0.3) is 0 Å². The molecule has 0 saturated carbocycles. The highest BCUT2D eigenvalue weighted by Gasteiger charge is 2.14. The lowest BCUT2D eigenvalue weighted by Gasteiger charge is -2.10. The van der Waals surface area contributed by atoms with Gasteiger partial charge in [-0.3, -0.25) is 0 Å². The normalized spacial score (nSPS) is 9.94. The Morgan fingerprint density at radius 2 is 2.19 bits per heavy atom. The molecule has 0 bridgehead atoms. The first-order valence-corrected chi connectivity index (χ1v) is 5.56. The van der Waals surface area contributed by atoms with E-state index < -0.39 is 5.97 Å². The van der Waals surface area contributed by atoms with E-state index in [1.54, 1.807) is 25.1 Å². The van der Waals surface area contributed by atoms with Crippen LogP contribution in [0.2, 0.25) is 0 Å². The van der Waals surface area contributed by atoms with E-state index in [2.05, 4.69) is 15.9 Å². The zero-order valence-electron chi connectivity index (χ0n) is 9.16. The maximum atomic E-state index is 11.6. The molecule has 0 aliphatic carbocycles. The van der Waals surface area contributed by atoms with Gasteiger partial charge in [0.2, 0.25) is 0 Å². The standard InChI is InChI=1S/C11H13BrO4/c1-3-15-11(13)9-6-8(12)4-5-10(9)16-7-14-2/h4-6H,3,7H2,1-2H3. The summed E-state index contributed by atoms with van der Waals surface area (Å²) in [5, 5.41) is 0. The van der Waals surface area contributed by atoms with E-state index in [4.69, 9.17) is 14.2 Å². The molecule has 0 fully saturated rings. The summed E-state index contributed by atoms with van der Waals surface area (Å²) in [4.78, 5) is 11.6. The lowest BCUT2D eigenvalue weighted by atomic mass is 10.2. The number of benzene rings is 1. The van der Waals surface area contributed by atoms with Gasteiger partial charge in [-0.2, -0.15) is 0 Å². The molecule has 0 N–H and O–H groups in total. The second kappa shape index (κ2) is 6.50. The lowest BCUT2D eigenvalue weighted by Crippen LogP contribution is -2.09. The number of methoxy groups -OCH3 is 1. The quantitative estimate of drug-likeness (QED) is 0.617. The van der Waals surface area contributed by atoms with Crippen molar-refractivity contribution < 1.29 is 19.0 Å². The molecule has 16 heavy (non-hydrogen) atoms. The van der Waals surface area contributed by atoms with Crippen molar-refractivity contribution in [3.63, 3.8) is 0 Å². The molecule has 0 heterocycles. The monoisotopic (exact) mass is 288 g/mol. The summed E-state index contributed by atoms with van der Waals surface area (Å²) in [7, 11) is 1.52. The van der Waals surface area contributed by atoms with Crippen LogP contribution in [0.15, 0.2) is 22.7 Å². The van der Waals surface area contributed by atoms with Gasteiger partial charge in [0.15, 0.2) is 6.79 Å². The van der Waals surface area contributed by atoms with E-state index in [-0.39, 0.29) is 6.79 Å². The SMILES string of the molecule is CCOC(=O)c1cc(Br)ccc1OCOC. The van der Waals surface area contributed by atoms with Crippen molar-refractivity contribution in [2.24, 2.45) is 0 Å². The number of carbonyl (C=O) groups excluding carboxylic acids is 1. The maximum Gasteiger partial charge on any atom is 0.341 e. The predicted molar refractivity (Wildman–Crippen MR) is 62.6 cm³/mol. The molecule has 0 spiro atoms. The number of esters is 1. The summed E-state index contributed by atoms with van der Waals surface area (Å²) in [5.74, 6) is 0.0402. The number of carbonyl (C=O) groups is 1. The summed E-state index contributed by atoms with van der Waals surface area (Å²) in [5.41, 5.74) is 0.383. The summed E-state index contributed by atoms with van der Waals surface area (Å²) in [6.07, 6.45) is 0. The van der Waals surface area contributed by atoms with Gasteiger partial charge in [-0.15, -0.1) is 0 Å². The zero-order valence-corrected chi connectivity index (χ0v) is 10.7. The fourth-order valence-corrected chi connectivity index (χ4v) is 1.48.